The Morgan fingerprint density at radius 2 is 2.42 bits per heavy atom. The van der Waals surface area contributed by atoms with E-state index in [4.69, 9.17) is 4.74 Å². The largest absolute Gasteiger partial charge is 0.376 e. The van der Waals surface area contributed by atoms with Gasteiger partial charge in [-0.25, -0.2) is 0 Å². The zero-order valence-electron chi connectivity index (χ0n) is 7.63. The lowest BCUT2D eigenvalue weighted by atomic mass is 10.1. The minimum Gasteiger partial charge on any atom is -0.376 e. The van der Waals surface area contributed by atoms with Gasteiger partial charge in [-0.1, -0.05) is 0 Å². The summed E-state index contributed by atoms with van der Waals surface area (Å²) in [6.45, 7) is 6.75. The Kier molecular flexibility index (Phi) is 1.89. The fourth-order valence-electron chi connectivity index (χ4n) is 1.74. The zero-order valence-corrected chi connectivity index (χ0v) is 7.63. The molecule has 0 atom stereocenters. The van der Waals surface area contributed by atoms with E-state index in [2.05, 4.69) is 23.6 Å². The molecule has 0 spiro atoms. The van der Waals surface area contributed by atoms with Gasteiger partial charge in [0, 0.05) is 24.2 Å². The maximum absolute atomic E-state index is 5.38. The Morgan fingerprint density at radius 1 is 1.58 bits per heavy atom. The van der Waals surface area contributed by atoms with Crippen LogP contribution in [0.1, 0.15) is 23.9 Å². The van der Waals surface area contributed by atoms with Crippen molar-refractivity contribution in [2.24, 2.45) is 0 Å². The number of hydrogen-bond donors (Lipinski definition) is 0. The molecule has 2 rings (SSSR count). The average Bonchev–Trinajstić information content (AvgIpc) is 2.44. The molecule has 0 saturated carbocycles. The molecule has 0 radical (unpaired) electrons. The van der Waals surface area contributed by atoms with Gasteiger partial charge in [0.15, 0.2) is 0 Å². The van der Waals surface area contributed by atoms with Crippen LogP contribution in [0.15, 0.2) is 0 Å². The van der Waals surface area contributed by atoms with E-state index in [0.717, 1.165) is 31.9 Å². The molecule has 1 aliphatic rings. The Bertz CT molecular complexity index is 291. The molecule has 0 aliphatic carbocycles. The molecule has 1 aromatic rings. The van der Waals surface area contributed by atoms with Gasteiger partial charge in [-0.3, -0.25) is 4.68 Å². The summed E-state index contributed by atoms with van der Waals surface area (Å²) in [4.78, 5) is 0. The third-order valence-corrected chi connectivity index (χ3v) is 2.40. The highest BCUT2D eigenvalue weighted by atomic mass is 16.5. The van der Waals surface area contributed by atoms with Gasteiger partial charge in [0.05, 0.1) is 18.9 Å². The molecule has 1 aromatic heterocycles. The van der Waals surface area contributed by atoms with Crippen LogP contribution in [0.3, 0.4) is 0 Å². The summed E-state index contributed by atoms with van der Waals surface area (Å²) in [5, 5.41) is 4.45. The van der Waals surface area contributed by atoms with Crippen molar-refractivity contribution in [3.8, 4) is 0 Å². The molecule has 3 nitrogen and oxygen atoms in total. The van der Waals surface area contributed by atoms with E-state index in [1.54, 1.807) is 0 Å². The minimum atomic E-state index is 0.751. The summed E-state index contributed by atoms with van der Waals surface area (Å²) in [5.74, 6) is 0. The van der Waals surface area contributed by atoms with Crippen LogP contribution in [0.4, 0.5) is 0 Å². The highest BCUT2D eigenvalue weighted by molar-refractivity contribution is 5.26. The molecule has 1 aliphatic heterocycles. The Hall–Kier alpha value is -0.830. The number of aryl methyl sites for hydroxylation is 2. The van der Waals surface area contributed by atoms with Crippen LogP contribution in [0.25, 0.3) is 0 Å². The molecule has 12 heavy (non-hydrogen) atoms. The molecule has 0 aromatic carbocycles. The first kappa shape index (κ1) is 7.80. The molecule has 0 saturated heterocycles. The Labute approximate surface area is 72.3 Å². The Balaban J connectivity index is 2.47. The number of hydrogen-bond acceptors (Lipinski definition) is 2. The molecule has 3 heteroatoms. The molecule has 2 heterocycles. The third-order valence-electron chi connectivity index (χ3n) is 2.40. The number of rotatable bonds is 1. The average molecular weight is 166 g/mol. The fourth-order valence-corrected chi connectivity index (χ4v) is 1.74. The first-order chi connectivity index (χ1) is 5.83. The van der Waals surface area contributed by atoms with Gasteiger partial charge in [-0.2, -0.15) is 5.10 Å². The number of nitrogens with zero attached hydrogens (tertiary/aromatic N) is 2. The summed E-state index contributed by atoms with van der Waals surface area (Å²) >= 11 is 0. The third kappa shape index (κ3) is 1.05. The van der Waals surface area contributed by atoms with Crippen molar-refractivity contribution in [3.05, 3.63) is 17.0 Å². The van der Waals surface area contributed by atoms with E-state index in [1.165, 1.54) is 11.3 Å². The van der Waals surface area contributed by atoms with E-state index >= 15 is 0 Å². The lowest BCUT2D eigenvalue weighted by Crippen LogP contribution is -2.13. The van der Waals surface area contributed by atoms with E-state index in [0.29, 0.717) is 0 Å². The predicted molar refractivity (Wildman–Crippen MR) is 46.0 cm³/mol. The summed E-state index contributed by atoms with van der Waals surface area (Å²) in [7, 11) is 0. The quantitative estimate of drug-likeness (QED) is 0.628. The monoisotopic (exact) mass is 166 g/mol. The van der Waals surface area contributed by atoms with Gasteiger partial charge in [0.2, 0.25) is 0 Å². The molecular formula is C9H14N2O. The van der Waals surface area contributed by atoms with Crippen LogP contribution in [0.2, 0.25) is 0 Å². The number of ether oxygens (including phenoxy) is 1. The van der Waals surface area contributed by atoms with E-state index in [-0.39, 0.29) is 0 Å². The van der Waals surface area contributed by atoms with Crippen molar-refractivity contribution in [1.29, 1.82) is 0 Å². The number of fused-ring (bicyclic) bond motifs is 1. The zero-order chi connectivity index (χ0) is 8.55. The van der Waals surface area contributed by atoms with Crippen LogP contribution >= 0.6 is 0 Å². The molecule has 0 bridgehead atoms. The highest BCUT2D eigenvalue weighted by Crippen LogP contribution is 2.19. The second-order valence-corrected chi connectivity index (χ2v) is 3.13. The van der Waals surface area contributed by atoms with Crippen molar-refractivity contribution in [2.75, 3.05) is 6.61 Å². The second-order valence-electron chi connectivity index (χ2n) is 3.13. The van der Waals surface area contributed by atoms with Gasteiger partial charge >= 0.3 is 0 Å². The molecule has 0 unspecified atom stereocenters. The van der Waals surface area contributed by atoms with Crippen LogP contribution in [0, 0.1) is 6.92 Å². The molecule has 66 valence electrons. The van der Waals surface area contributed by atoms with Crippen molar-refractivity contribution in [2.45, 2.75) is 33.4 Å². The van der Waals surface area contributed by atoms with E-state index in [9.17, 15) is 0 Å². The lowest BCUT2D eigenvalue weighted by Gasteiger charge is -2.13. The van der Waals surface area contributed by atoms with Gasteiger partial charge in [-0.15, -0.1) is 0 Å². The molecule has 0 amide bonds. The first-order valence-corrected chi connectivity index (χ1v) is 4.46. The minimum absolute atomic E-state index is 0.751. The van der Waals surface area contributed by atoms with Crippen molar-refractivity contribution >= 4 is 0 Å². The highest BCUT2D eigenvalue weighted by Gasteiger charge is 2.17. The summed E-state index contributed by atoms with van der Waals surface area (Å²) in [5.41, 5.74) is 3.82. The lowest BCUT2D eigenvalue weighted by molar-refractivity contribution is 0.108. The maximum atomic E-state index is 5.38. The predicted octanol–water partition coefficient (Wildman–Crippen LogP) is 1.28. The van der Waals surface area contributed by atoms with Gasteiger partial charge in [0.1, 0.15) is 0 Å². The molecule has 0 N–H and O–H groups in total. The van der Waals surface area contributed by atoms with Crippen molar-refractivity contribution < 1.29 is 4.74 Å². The van der Waals surface area contributed by atoms with Crippen LogP contribution in [-0.4, -0.2) is 16.4 Å². The summed E-state index contributed by atoms with van der Waals surface area (Å²) < 4.78 is 7.47. The second kappa shape index (κ2) is 2.90. The van der Waals surface area contributed by atoms with Crippen LogP contribution < -0.4 is 0 Å². The van der Waals surface area contributed by atoms with Gasteiger partial charge in [-0.05, 0) is 13.8 Å². The van der Waals surface area contributed by atoms with Gasteiger partial charge < -0.3 is 4.74 Å². The molecule has 0 fully saturated rings. The van der Waals surface area contributed by atoms with Gasteiger partial charge in [0.25, 0.3) is 0 Å². The smallest absolute Gasteiger partial charge is 0.0753 e. The van der Waals surface area contributed by atoms with E-state index in [1.807, 2.05) is 0 Å². The van der Waals surface area contributed by atoms with Crippen LogP contribution in [0.5, 0.6) is 0 Å². The fraction of sp³-hybridized carbons (Fsp3) is 0.667. The van der Waals surface area contributed by atoms with Crippen molar-refractivity contribution in [3.63, 3.8) is 0 Å². The Morgan fingerprint density at radius 3 is 3.17 bits per heavy atom. The first-order valence-electron chi connectivity index (χ1n) is 4.46. The summed E-state index contributed by atoms with van der Waals surface area (Å²) in [6, 6.07) is 0. The standard InChI is InChI=1S/C9H14N2O/c1-3-11-9-4-5-12-6-8(9)7(2)10-11/h3-6H2,1-2H3. The maximum Gasteiger partial charge on any atom is 0.0753 e. The summed E-state index contributed by atoms with van der Waals surface area (Å²) in [6.07, 6.45) is 1.02. The topological polar surface area (TPSA) is 27.1 Å². The van der Waals surface area contributed by atoms with Crippen molar-refractivity contribution in [1.82, 2.24) is 9.78 Å². The molecular weight excluding hydrogens is 152 g/mol. The van der Waals surface area contributed by atoms with Crippen LogP contribution in [-0.2, 0) is 24.3 Å². The number of aromatic nitrogens is 2. The normalized spacial score (nSPS) is 16.2. The van der Waals surface area contributed by atoms with E-state index < -0.39 is 0 Å². The SMILES string of the molecule is CCn1nc(C)c2c1CCOC2.